The Morgan fingerprint density at radius 3 is 2.36 bits per heavy atom. The molecule has 28 heavy (non-hydrogen) atoms. The highest BCUT2D eigenvalue weighted by atomic mass is 19.1. The van der Waals surface area contributed by atoms with Gasteiger partial charge >= 0.3 is 0 Å². The Bertz CT molecular complexity index is 1060. The van der Waals surface area contributed by atoms with E-state index in [-0.39, 0.29) is 34.4 Å². The van der Waals surface area contributed by atoms with Gasteiger partial charge in [0.15, 0.2) is 0 Å². The predicted octanol–water partition coefficient (Wildman–Crippen LogP) is 4.78. The highest BCUT2D eigenvalue weighted by Gasteiger charge is 2.26. The van der Waals surface area contributed by atoms with Gasteiger partial charge in [-0.3, -0.25) is 14.6 Å². The van der Waals surface area contributed by atoms with Gasteiger partial charge in [0, 0.05) is 18.0 Å². The molecule has 2 aromatic carbocycles. The second kappa shape index (κ2) is 7.96. The number of nitrogens with zero attached hydrogens (tertiary/aromatic N) is 1. The van der Waals surface area contributed by atoms with Crippen molar-refractivity contribution in [2.45, 2.75) is 13.8 Å². The Kier molecular flexibility index (Phi) is 5.45. The summed E-state index contributed by atoms with van der Waals surface area (Å²) in [5, 5.41) is 2.97. The van der Waals surface area contributed by atoms with E-state index in [2.05, 4.69) is 16.9 Å². The molecule has 0 radical (unpaired) electrons. The zero-order valence-corrected chi connectivity index (χ0v) is 15.6. The summed E-state index contributed by atoms with van der Waals surface area (Å²) in [5.41, 5.74) is 3.24. The summed E-state index contributed by atoms with van der Waals surface area (Å²) < 4.78 is 13.8. The summed E-state index contributed by atoms with van der Waals surface area (Å²) in [7, 11) is 0. The van der Waals surface area contributed by atoms with Crippen molar-refractivity contribution in [1.29, 1.82) is 0 Å². The summed E-state index contributed by atoms with van der Waals surface area (Å²) in [6, 6.07) is 12.2. The van der Waals surface area contributed by atoms with Crippen molar-refractivity contribution in [3.63, 3.8) is 0 Å². The first kappa shape index (κ1) is 19.2. The quantitative estimate of drug-likeness (QED) is 0.605. The summed E-state index contributed by atoms with van der Waals surface area (Å²) in [6.45, 7) is 7.00. The van der Waals surface area contributed by atoms with Crippen molar-refractivity contribution in [1.82, 2.24) is 0 Å². The number of nitrogens with one attached hydrogen (secondary N) is 1. The number of anilines is 1. The molecule has 1 N–H and O–H groups in total. The summed E-state index contributed by atoms with van der Waals surface area (Å²) in [4.78, 5) is 28.9. The number of carbonyl (C=O) groups is 2. The van der Waals surface area contributed by atoms with Gasteiger partial charge in [-0.15, -0.1) is 0 Å². The molecule has 4 nitrogen and oxygen atoms in total. The van der Waals surface area contributed by atoms with Gasteiger partial charge in [-0.1, -0.05) is 36.9 Å². The highest BCUT2D eigenvalue weighted by Crippen LogP contribution is 2.26. The third kappa shape index (κ3) is 3.74. The summed E-state index contributed by atoms with van der Waals surface area (Å²) >= 11 is 0. The molecule has 0 saturated carbocycles. The van der Waals surface area contributed by atoms with Crippen molar-refractivity contribution in [2.75, 3.05) is 5.32 Å². The molecule has 1 aliphatic carbocycles. The molecule has 0 aromatic heterocycles. The van der Waals surface area contributed by atoms with E-state index in [1.165, 1.54) is 24.4 Å². The minimum atomic E-state index is -0.359. The standard InChI is InChI=1S/C23H19FN2O2/c1-4-18-22(25-5-2)21(27)13-20(23(18)28)26-17-10-8-15(9-11-17)16-7-6-14(3)19(24)12-16/h4-13,26H,1H2,2-3H3. The Hall–Kier alpha value is -3.60. The minimum Gasteiger partial charge on any atom is -0.352 e. The topological polar surface area (TPSA) is 58.5 Å². The lowest BCUT2D eigenvalue weighted by atomic mass is 9.97. The highest BCUT2D eigenvalue weighted by molar-refractivity contribution is 6.25. The largest absolute Gasteiger partial charge is 0.352 e. The maximum absolute atomic E-state index is 13.8. The smallest absolute Gasteiger partial charge is 0.211 e. The van der Waals surface area contributed by atoms with Gasteiger partial charge in [0.2, 0.25) is 11.6 Å². The van der Waals surface area contributed by atoms with Gasteiger partial charge in [-0.2, -0.15) is 0 Å². The molecule has 0 bridgehead atoms. The molecule has 0 fully saturated rings. The molecule has 0 aliphatic heterocycles. The van der Waals surface area contributed by atoms with E-state index >= 15 is 0 Å². The Labute approximate surface area is 162 Å². The lowest BCUT2D eigenvalue weighted by Crippen LogP contribution is -2.22. The van der Waals surface area contributed by atoms with Crippen molar-refractivity contribution < 1.29 is 14.0 Å². The maximum atomic E-state index is 13.8. The molecular formula is C23H19FN2O2. The van der Waals surface area contributed by atoms with Gasteiger partial charge in [0.05, 0.1) is 11.3 Å². The maximum Gasteiger partial charge on any atom is 0.211 e. The second-order valence-corrected chi connectivity index (χ2v) is 6.27. The first-order chi connectivity index (χ1) is 13.4. The van der Waals surface area contributed by atoms with Crippen LogP contribution in [0, 0.1) is 12.7 Å². The number of hydrogen-bond donors (Lipinski definition) is 1. The summed E-state index contributed by atoms with van der Waals surface area (Å²) in [6.07, 6.45) is 4.04. The van der Waals surface area contributed by atoms with E-state index in [4.69, 9.17) is 0 Å². The Morgan fingerprint density at radius 2 is 1.75 bits per heavy atom. The molecule has 0 unspecified atom stereocenters. The number of Topliss-reactive ketones (excluding diaryl/α,β-unsaturated/α-hetero) is 1. The van der Waals surface area contributed by atoms with Crippen molar-refractivity contribution in [3.05, 3.63) is 89.5 Å². The molecule has 0 heterocycles. The fraction of sp³-hybridized carbons (Fsp3) is 0.0870. The number of aliphatic imine (C=N–C) groups is 1. The average Bonchev–Trinajstić information content (AvgIpc) is 2.69. The third-order valence-corrected chi connectivity index (χ3v) is 4.38. The summed E-state index contributed by atoms with van der Waals surface area (Å²) in [5.74, 6) is -0.966. The van der Waals surface area contributed by atoms with Crippen molar-refractivity contribution in [3.8, 4) is 11.1 Å². The minimum absolute atomic E-state index is 0.0878. The van der Waals surface area contributed by atoms with Gasteiger partial charge < -0.3 is 5.32 Å². The number of aryl methyl sites for hydroxylation is 1. The van der Waals surface area contributed by atoms with E-state index in [9.17, 15) is 14.0 Å². The van der Waals surface area contributed by atoms with Crippen LogP contribution in [0.1, 0.15) is 12.5 Å². The monoisotopic (exact) mass is 374 g/mol. The Balaban J connectivity index is 1.83. The van der Waals surface area contributed by atoms with Crippen molar-refractivity contribution in [2.24, 2.45) is 4.99 Å². The number of hydrogen-bond acceptors (Lipinski definition) is 4. The van der Waals surface area contributed by atoms with Crippen LogP contribution in [0.2, 0.25) is 0 Å². The first-order valence-electron chi connectivity index (χ1n) is 8.74. The first-order valence-corrected chi connectivity index (χ1v) is 8.74. The van der Waals surface area contributed by atoms with Gasteiger partial charge in [-0.25, -0.2) is 4.39 Å². The van der Waals surface area contributed by atoms with E-state index in [0.717, 1.165) is 11.1 Å². The SMILES string of the molecule is C=CC1=C(N=CC)C(=O)C=C(Nc2ccc(-c3ccc(C)c(F)c3)cc2)C1=O. The molecular weight excluding hydrogens is 355 g/mol. The number of ketones is 2. The number of carbonyl (C=O) groups excluding carboxylic acids is 2. The lowest BCUT2D eigenvalue weighted by molar-refractivity contribution is -0.115. The Morgan fingerprint density at radius 1 is 1.07 bits per heavy atom. The van der Waals surface area contributed by atoms with Crippen LogP contribution in [0.15, 0.2) is 83.2 Å². The third-order valence-electron chi connectivity index (χ3n) is 4.38. The van der Waals surface area contributed by atoms with E-state index in [1.54, 1.807) is 32.0 Å². The lowest BCUT2D eigenvalue weighted by Gasteiger charge is -2.16. The normalized spacial score (nSPS) is 14.5. The van der Waals surface area contributed by atoms with Crippen LogP contribution >= 0.6 is 0 Å². The molecule has 1 aliphatic rings. The van der Waals surface area contributed by atoms with E-state index in [1.807, 2.05) is 18.2 Å². The molecule has 0 atom stereocenters. The molecule has 0 amide bonds. The molecule has 3 rings (SSSR count). The van der Waals surface area contributed by atoms with Crippen LogP contribution in [-0.4, -0.2) is 17.8 Å². The van der Waals surface area contributed by atoms with Crippen molar-refractivity contribution >= 4 is 23.5 Å². The zero-order valence-electron chi connectivity index (χ0n) is 15.6. The molecule has 2 aromatic rings. The fourth-order valence-corrected chi connectivity index (χ4v) is 2.87. The molecule has 0 spiro atoms. The van der Waals surface area contributed by atoms with E-state index in [0.29, 0.717) is 11.3 Å². The second-order valence-electron chi connectivity index (χ2n) is 6.27. The van der Waals surface area contributed by atoms with Crippen LogP contribution in [0.4, 0.5) is 10.1 Å². The van der Waals surface area contributed by atoms with Crippen LogP contribution in [0.5, 0.6) is 0 Å². The molecule has 140 valence electrons. The molecule has 5 heteroatoms. The van der Waals surface area contributed by atoms with Gasteiger partial charge in [0.25, 0.3) is 0 Å². The number of rotatable bonds is 5. The average molecular weight is 374 g/mol. The predicted molar refractivity (Wildman–Crippen MR) is 110 cm³/mol. The van der Waals surface area contributed by atoms with Crippen LogP contribution in [0.25, 0.3) is 11.1 Å². The number of halogens is 1. The van der Waals surface area contributed by atoms with Crippen LogP contribution in [-0.2, 0) is 9.59 Å². The van der Waals surface area contributed by atoms with Gasteiger partial charge in [0.1, 0.15) is 11.5 Å². The fourth-order valence-electron chi connectivity index (χ4n) is 2.87. The number of benzene rings is 2. The van der Waals surface area contributed by atoms with E-state index < -0.39 is 0 Å². The number of allylic oxidation sites excluding steroid dienone is 3. The van der Waals surface area contributed by atoms with Gasteiger partial charge in [-0.05, 0) is 48.7 Å². The zero-order chi connectivity index (χ0) is 20.3. The molecule has 0 saturated heterocycles. The van der Waals surface area contributed by atoms with Crippen LogP contribution in [0.3, 0.4) is 0 Å². The van der Waals surface area contributed by atoms with Crippen LogP contribution < -0.4 is 5.32 Å².